The monoisotopic (exact) mass is 299 g/mol. The summed E-state index contributed by atoms with van der Waals surface area (Å²) in [6.07, 6.45) is 1.55. The van der Waals surface area contributed by atoms with Crippen molar-refractivity contribution < 1.29 is 4.79 Å². The van der Waals surface area contributed by atoms with Crippen LogP contribution in [0, 0.1) is 5.41 Å². The molecule has 0 radical (unpaired) electrons. The van der Waals surface area contributed by atoms with Crippen molar-refractivity contribution in [2.45, 2.75) is 37.6 Å². The Hall–Kier alpha value is -0.730. The molecular weight excluding hydrogens is 281 g/mol. The normalized spacial score (nSPS) is 24.1. The lowest BCUT2D eigenvalue weighted by atomic mass is 10.1. The molecule has 0 saturated heterocycles. The molecule has 2 rings (SSSR count). The van der Waals surface area contributed by atoms with Crippen LogP contribution in [-0.2, 0) is 17.8 Å². The SMILES string of the molecule is CCc1ccc(CN(C)C(=O)C2(C)CC2(Cl)Cl)cc1. The van der Waals surface area contributed by atoms with Crippen LogP contribution in [0.1, 0.15) is 31.4 Å². The fraction of sp³-hybridized carbons (Fsp3) is 0.533. The molecular formula is C15H19Cl2NO. The first-order valence-electron chi connectivity index (χ1n) is 6.51. The molecule has 1 atom stereocenters. The molecule has 0 bridgehead atoms. The van der Waals surface area contributed by atoms with Crippen LogP contribution in [0.15, 0.2) is 24.3 Å². The zero-order valence-corrected chi connectivity index (χ0v) is 13.1. The number of carbonyl (C=O) groups is 1. The van der Waals surface area contributed by atoms with E-state index < -0.39 is 9.75 Å². The number of halogens is 2. The number of rotatable bonds is 4. The van der Waals surface area contributed by atoms with Gasteiger partial charge >= 0.3 is 0 Å². The molecule has 0 aliphatic heterocycles. The fourth-order valence-electron chi connectivity index (χ4n) is 2.28. The third kappa shape index (κ3) is 2.75. The number of nitrogens with zero attached hydrogens (tertiary/aromatic N) is 1. The second-order valence-corrected chi connectivity index (χ2v) is 7.03. The Morgan fingerprint density at radius 2 is 1.74 bits per heavy atom. The molecule has 19 heavy (non-hydrogen) atoms. The first-order chi connectivity index (χ1) is 8.80. The first kappa shape index (κ1) is 14.7. The summed E-state index contributed by atoms with van der Waals surface area (Å²) in [5.41, 5.74) is 1.79. The standard InChI is InChI=1S/C15H19Cl2NO/c1-4-11-5-7-12(8-6-11)9-18(3)13(19)14(2)10-15(14,16)17/h5-8H,4,9-10H2,1-3H3. The maximum absolute atomic E-state index is 12.3. The van der Waals surface area contributed by atoms with Crippen molar-refractivity contribution in [3.8, 4) is 0 Å². The van der Waals surface area contributed by atoms with E-state index in [9.17, 15) is 4.79 Å². The predicted molar refractivity (Wildman–Crippen MR) is 79.5 cm³/mol. The molecule has 0 N–H and O–H groups in total. The molecule has 1 aromatic rings. The van der Waals surface area contributed by atoms with Crippen molar-refractivity contribution in [3.63, 3.8) is 0 Å². The van der Waals surface area contributed by atoms with Gasteiger partial charge < -0.3 is 4.90 Å². The summed E-state index contributed by atoms with van der Waals surface area (Å²) in [6, 6.07) is 8.32. The summed E-state index contributed by atoms with van der Waals surface area (Å²) in [6.45, 7) is 4.54. The number of aryl methyl sites for hydroxylation is 1. The number of hydrogen-bond donors (Lipinski definition) is 0. The number of hydrogen-bond acceptors (Lipinski definition) is 1. The lowest BCUT2D eigenvalue weighted by Crippen LogP contribution is -2.34. The highest BCUT2D eigenvalue weighted by Crippen LogP contribution is 2.64. The third-order valence-electron chi connectivity index (χ3n) is 3.93. The predicted octanol–water partition coefficient (Wildman–Crippen LogP) is 3.79. The number of amides is 1. The summed E-state index contributed by atoms with van der Waals surface area (Å²) in [5.74, 6) is 0.0112. The number of carbonyl (C=O) groups excluding carboxylic acids is 1. The van der Waals surface area contributed by atoms with Crippen molar-refractivity contribution in [2.24, 2.45) is 5.41 Å². The van der Waals surface area contributed by atoms with Crippen LogP contribution in [0.25, 0.3) is 0 Å². The topological polar surface area (TPSA) is 20.3 Å². The first-order valence-corrected chi connectivity index (χ1v) is 7.27. The van der Waals surface area contributed by atoms with Gasteiger partial charge in [-0.25, -0.2) is 0 Å². The minimum atomic E-state index is -0.898. The van der Waals surface area contributed by atoms with Gasteiger partial charge in [0.25, 0.3) is 0 Å². The van der Waals surface area contributed by atoms with Crippen molar-refractivity contribution >= 4 is 29.1 Å². The average molecular weight is 300 g/mol. The van der Waals surface area contributed by atoms with Gasteiger partial charge in [0, 0.05) is 13.6 Å². The largest absolute Gasteiger partial charge is 0.341 e. The van der Waals surface area contributed by atoms with Crippen molar-refractivity contribution in [2.75, 3.05) is 7.05 Å². The Bertz CT molecular complexity index is 483. The summed E-state index contributed by atoms with van der Waals surface area (Å²) in [4.78, 5) is 14.0. The van der Waals surface area contributed by atoms with Gasteiger partial charge in [0.15, 0.2) is 0 Å². The van der Waals surface area contributed by atoms with Crippen molar-refractivity contribution in [1.82, 2.24) is 4.90 Å². The summed E-state index contributed by atoms with van der Waals surface area (Å²) < 4.78 is -0.898. The molecule has 2 nitrogen and oxygen atoms in total. The van der Waals surface area contributed by atoms with E-state index in [1.54, 1.807) is 11.9 Å². The third-order valence-corrected chi connectivity index (χ3v) is 5.03. The van der Waals surface area contributed by atoms with E-state index >= 15 is 0 Å². The summed E-state index contributed by atoms with van der Waals surface area (Å²) >= 11 is 12.1. The van der Waals surface area contributed by atoms with E-state index in [1.807, 2.05) is 6.92 Å². The van der Waals surface area contributed by atoms with Gasteiger partial charge in [-0.1, -0.05) is 31.2 Å². The van der Waals surface area contributed by atoms with Gasteiger partial charge in [-0.05, 0) is 30.9 Å². The molecule has 0 heterocycles. The zero-order chi connectivity index (χ0) is 14.3. The Morgan fingerprint density at radius 3 is 2.16 bits per heavy atom. The maximum Gasteiger partial charge on any atom is 0.231 e. The van der Waals surface area contributed by atoms with Crippen LogP contribution in [0.3, 0.4) is 0 Å². The lowest BCUT2D eigenvalue weighted by Gasteiger charge is -2.22. The minimum Gasteiger partial charge on any atom is -0.341 e. The summed E-state index contributed by atoms with van der Waals surface area (Å²) in [7, 11) is 1.80. The van der Waals surface area contributed by atoms with E-state index in [4.69, 9.17) is 23.2 Å². The summed E-state index contributed by atoms with van der Waals surface area (Å²) in [5, 5.41) is 0. The van der Waals surface area contributed by atoms with Gasteiger partial charge in [-0.3, -0.25) is 4.79 Å². The molecule has 4 heteroatoms. The number of alkyl halides is 2. The van der Waals surface area contributed by atoms with Crippen LogP contribution in [0.4, 0.5) is 0 Å². The van der Waals surface area contributed by atoms with Gasteiger partial charge in [0.05, 0.1) is 5.41 Å². The molecule has 1 fully saturated rings. The van der Waals surface area contributed by atoms with E-state index in [0.717, 1.165) is 12.0 Å². The van der Waals surface area contributed by atoms with E-state index in [-0.39, 0.29) is 5.91 Å². The van der Waals surface area contributed by atoms with Gasteiger partial charge in [-0.15, -0.1) is 23.2 Å². The second-order valence-electron chi connectivity index (χ2n) is 5.54. The average Bonchev–Trinajstić information content (AvgIpc) is 2.89. The van der Waals surface area contributed by atoms with Crippen molar-refractivity contribution in [1.29, 1.82) is 0 Å². The highest BCUT2D eigenvalue weighted by atomic mass is 35.5. The van der Waals surface area contributed by atoms with Gasteiger partial charge in [0.2, 0.25) is 5.91 Å². The minimum absolute atomic E-state index is 0.0112. The fourth-order valence-corrected chi connectivity index (χ4v) is 2.98. The molecule has 1 saturated carbocycles. The van der Waals surface area contributed by atoms with E-state index in [1.165, 1.54) is 5.56 Å². The van der Waals surface area contributed by atoms with Crippen LogP contribution in [0.2, 0.25) is 0 Å². The van der Waals surface area contributed by atoms with Crippen LogP contribution >= 0.6 is 23.2 Å². The second kappa shape index (κ2) is 4.99. The van der Waals surface area contributed by atoms with Crippen LogP contribution < -0.4 is 0 Å². The molecule has 0 spiro atoms. The highest BCUT2D eigenvalue weighted by Gasteiger charge is 2.68. The molecule has 1 aliphatic rings. The maximum atomic E-state index is 12.3. The number of benzene rings is 1. The molecule has 1 unspecified atom stereocenters. The van der Waals surface area contributed by atoms with Crippen LogP contribution in [-0.4, -0.2) is 22.2 Å². The Kier molecular flexibility index (Phi) is 3.85. The highest BCUT2D eigenvalue weighted by molar-refractivity contribution is 6.53. The van der Waals surface area contributed by atoms with Crippen LogP contribution in [0.5, 0.6) is 0 Å². The van der Waals surface area contributed by atoms with E-state index in [2.05, 4.69) is 31.2 Å². The zero-order valence-electron chi connectivity index (χ0n) is 11.5. The Labute approximate surface area is 124 Å². The Morgan fingerprint density at radius 1 is 1.26 bits per heavy atom. The molecule has 104 valence electrons. The van der Waals surface area contributed by atoms with Gasteiger partial charge in [0.1, 0.15) is 4.33 Å². The van der Waals surface area contributed by atoms with Crippen molar-refractivity contribution in [3.05, 3.63) is 35.4 Å². The molecule has 1 aliphatic carbocycles. The van der Waals surface area contributed by atoms with Gasteiger partial charge in [-0.2, -0.15) is 0 Å². The quantitative estimate of drug-likeness (QED) is 0.775. The molecule has 1 amide bonds. The molecule has 0 aromatic heterocycles. The molecule has 1 aromatic carbocycles. The van der Waals surface area contributed by atoms with E-state index in [0.29, 0.717) is 13.0 Å². The Balaban J connectivity index is 2.01. The smallest absolute Gasteiger partial charge is 0.231 e. The lowest BCUT2D eigenvalue weighted by molar-refractivity contribution is -0.135.